The van der Waals surface area contributed by atoms with Crippen LogP contribution < -0.4 is 10.1 Å². The molecule has 0 aliphatic carbocycles. The van der Waals surface area contributed by atoms with Crippen LogP contribution >= 0.6 is 11.6 Å². The number of rotatable bonds is 6. The molecule has 1 N–H and O–H groups in total. The van der Waals surface area contributed by atoms with E-state index in [9.17, 15) is 4.79 Å². The van der Waals surface area contributed by atoms with Gasteiger partial charge in [-0.3, -0.25) is 9.48 Å². The molecule has 0 aliphatic rings. The summed E-state index contributed by atoms with van der Waals surface area (Å²) >= 11 is 6.25. The molecule has 0 bridgehead atoms. The first-order valence-corrected chi connectivity index (χ1v) is 9.06. The predicted molar refractivity (Wildman–Crippen MR) is 106 cm³/mol. The first-order chi connectivity index (χ1) is 13.0. The predicted octanol–water partition coefficient (Wildman–Crippen LogP) is 4.14. The molecule has 3 aromatic rings. The lowest BCUT2D eigenvalue weighted by Gasteiger charge is -2.09. The van der Waals surface area contributed by atoms with Crippen LogP contribution in [0, 0.1) is 13.8 Å². The van der Waals surface area contributed by atoms with Crippen molar-refractivity contribution >= 4 is 17.5 Å². The highest BCUT2D eigenvalue weighted by Crippen LogP contribution is 2.20. The molecule has 0 fully saturated rings. The van der Waals surface area contributed by atoms with Gasteiger partial charge in [-0.05, 0) is 43.2 Å². The topological polar surface area (TPSA) is 56.1 Å². The fraction of sp³-hybridized carbons (Fsp3) is 0.238. The second kappa shape index (κ2) is 8.27. The molecule has 2 aromatic carbocycles. The average molecular weight is 384 g/mol. The smallest absolute Gasteiger partial charge is 0.255 e. The molecule has 0 unspecified atom stereocenters. The molecule has 1 amide bonds. The van der Waals surface area contributed by atoms with Crippen LogP contribution in [0.2, 0.25) is 5.02 Å². The highest BCUT2D eigenvalue weighted by molar-refractivity contribution is 6.31. The lowest BCUT2D eigenvalue weighted by Crippen LogP contribution is -2.24. The first kappa shape index (κ1) is 19.0. The summed E-state index contributed by atoms with van der Waals surface area (Å²) in [6.07, 6.45) is 0. The lowest BCUT2D eigenvalue weighted by molar-refractivity contribution is 0.0949. The zero-order chi connectivity index (χ0) is 19.4. The molecule has 0 spiro atoms. The molecule has 0 aliphatic heterocycles. The maximum Gasteiger partial charge on any atom is 0.255 e. The van der Waals surface area contributed by atoms with E-state index in [0.717, 1.165) is 22.6 Å². The third-order valence-electron chi connectivity index (χ3n) is 4.47. The van der Waals surface area contributed by atoms with E-state index in [4.69, 9.17) is 16.3 Å². The van der Waals surface area contributed by atoms with Gasteiger partial charge in [0.2, 0.25) is 0 Å². The zero-order valence-electron chi connectivity index (χ0n) is 15.6. The molecule has 0 atom stereocenters. The number of hydrogen-bond donors (Lipinski definition) is 1. The standard InChI is InChI=1S/C21H22ClN3O2/c1-14-20(21(26)23-12-16-7-6-9-18(11-16)27-3)15(2)25(24-14)13-17-8-4-5-10-19(17)22/h4-11H,12-13H2,1-3H3,(H,23,26). The Kier molecular flexibility index (Phi) is 5.81. The van der Waals surface area contributed by atoms with Crippen LogP contribution in [0.1, 0.15) is 32.9 Å². The number of ether oxygens (including phenoxy) is 1. The monoisotopic (exact) mass is 383 g/mol. The van der Waals surface area contributed by atoms with Gasteiger partial charge >= 0.3 is 0 Å². The Morgan fingerprint density at radius 1 is 1.19 bits per heavy atom. The second-order valence-electron chi connectivity index (χ2n) is 6.33. The van der Waals surface area contributed by atoms with Gasteiger partial charge in [-0.2, -0.15) is 5.10 Å². The summed E-state index contributed by atoms with van der Waals surface area (Å²) in [6.45, 7) is 4.69. The van der Waals surface area contributed by atoms with Crippen molar-refractivity contribution in [2.45, 2.75) is 26.9 Å². The number of halogens is 1. The molecule has 1 aromatic heterocycles. The number of aromatic nitrogens is 2. The van der Waals surface area contributed by atoms with Gasteiger partial charge in [-0.1, -0.05) is 41.9 Å². The van der Waals surface area contributed by atoms with E-state index in [1.54, 1.807) is 7.11 Å². The van der Waals surface area contributed by atoms with Crippen molar-refractivity contribution in [2.75, 3.05) is 7.11 Å². The van der Waals surface area contributed by atoms with Crippen molar-refractivity contribution in [3.63, 3.8) is 0 Å². The highest BCUT2D eigenvalue weighted by Gasteiger charge is 2.19. The number of benzene rings is 2. The summed E-state index contributed by atoms with van der Waals surface area (Å²) < 4.78 is 7.03. The maximum absolute atomic E-state index is 12.7. The van der Waals surface area contributed by atoms with Gasteiger partial charge in [0.25, 0.3) is 5.91 Å². The zero-order valence-corrected chi connectivity index (χ0v) is 16.4. The van der Waals surface area contributed by atoms with Gasteiger partial charge in [0.05, 0.1) is 24.9 Å². The number of carbonyl (C=O) groups excluding carboxylic acids is 1. The summed E-state index contributed by atoms with van der Waals surface area (Å²) in [5.41, 5.74) is 4.05. The van der Waals surface area contributed by atoms with Crippen LogP contribution in [-0.4, -0.2) is 22.8 Å². The summed E-state index contributed by atoms with van der Waals surface area (Å²) in [5.74, 6) is 0.625. The van der Waals surface area contributed by atoms with E-state index < -0.39 is 0 Å². The van der Waals surface area contributed by atoms with Gasteiger partial charge in [0.15, 0.2) is 0 Å². The molecule has 0 saturated carbocycles. The van der Waals surface area contributed by atoms with Gasteiger partial charge in [-0.25, -0.2) is 0 Å². The largest absolute Gasteiger partial charge is 0.497 e. The Morgan fingerprint density at radius 3 is 2.70 bits per heavy atom. The van der Waals surface area contributed by atoms with E-state index in [1.165, 1.54) is 0 Å². The quantitative estimate of drug-likeness (QED) is 0.696. The SMILES string of the molecule is COc1cccc(CNC(=O)c2c(C)nn(Cc3ccccc3Cl)c2C)c1. The first-order valence-electron chi connectivity index (χ1n) is 8.68. The van der Waals surface area contributed by atoms with Crippen LogP contribution in [0.3, 0.4) is 0 Å². The van der Waals surface area contributed by atoms with Crippen molar-refractivity contribution in [1.29, 1.82) is 0 Å². The number of methoxy groups -OCH3 is 1. The van der Waals surface area contributed by atoms with E-state index in [2.05, 4.69) is 10.4 Å². The molecule has 0 saturated heterocycles. The number of carbonyl (C=O) groups is 1. The van der Waals surface area contributed by atoms with Crippen LogP contribution in [0.4, 0.5) is 0 Å². The van der Waals surface area contributed by atoms with Crippen LogP contribution in [-0.2, 0) is 13.1 Å². The van der Waals surface area contributed by atoms with E-state index in [0.29, 0.717) is 29.4 Å². The van der Waals surface area contributed by atoms with Crippen molar-refractivity contribution in [1.82, 2.24) is 15.1 Å². The Labute approximate surface area is 163 Å². The van der Waals surface area contributed by atoms with Gasteiger partial charge < -0.3 is 10.1 Å². The minimum Gasteiger partial charge on any atom is -0.497 e. The normalized spacial score (nSPS) is 10.7. The van der Waals surface area contributed by atoms with Gasteiger partial charge in [0, 0.05) is 17.3 Å². The molecule has 6 heteroatoms. The molecular formula is C21H22ClN3O2. The van der Waals surface area contributed by atoms with Crippen molar-refractivity contribution < 1.29 is 9.53 Å². The fourth-order valence-corrected chi connectivity index (χ4v) is 3.22. The third-order valence-corrected chi connectivity index (χ3v) is 4.84. The maximum atomic E-state index is 12.7. The van der Waals surface area contributed by atoms with Crippen LogP contribution in [0.25, 0.3) is 0 Å². The molecule has 140 valence electrons. The number of amides is 1. The minimum atomic E-state index is -0.141. The fourth-order valence-electron chi connectivity index (χ4n) is 3.02. The minimum absolute atomic E-state index is 0.141. The lowest BCUT2D eigenvalue weighted by atomic mass is 10.1. The van der Waals surface area contributed by atoms with E-state index >= 15 is 0 Å². The number of nitrogens with one attached hydrogen (secondary N) is 1. The number of nitrogens with zero attached hydrogens (tertiary/aromatic N) is 2. The summed E-state index contributed by atoms with van der Waals surface area (Å²) in [6, 6.07) is 15.3. The summed E-state index contributed by atoms with van der Waals surface area (Å²) in [5, 5.41) is 8.18. The molecule has 5 nitrogen and oxygen atoms in total. The molecule has 3 rings (SSSR count). The number of aryl methyl sites for hydroxylation is 1. The van der Waals surface area contributed by atoms with E-state index in [-0.39, 0.29) is 5.91 Å². The Bertz CT molecular complexity index is 966. The molecule has 1 heterocycles. The van der Waals surface area contributed by atoms with Crippen molar-refractivity contribution in [3.05, 3.63) is 81.6 Å². The van der Waals surface area contributed by atoms with Gasteiger partial charge in [0.1, 0.15) is 5.75 Å². The molecule has 27 heavy (non-hydrogen) atoms. The van der Waals surface area contributed by atoms with Crippen LogP contribution in [0.15, 0.2) is 48.5 Å². The Hall–Kier alpha value is -2.79. The second-order valence-corrected chi connectivity index (χ2v) is 6.74. The molecule has 0 radical (unpaired) electrons. The van der Waals surface area contributed by atoms with Crippen LogP contribution in [0.5, 0.6) is 5.75 Å². The average Bonchev–Trinajstić information content (AvgIpc) is 2.95. The number of hydrogen-bond acceptors (Lipinski definition) is 3. The Balaban J connectivity index is 1.75. The van der Waals surface area contributed by atoms with Crippen molar-refractivity contribution in [3.8, 4) is 5.75 Å². The summed E-state index contributed by atoms with van der Waals surface area (Å²) in [4.78, 5) is 12.7. The van der Waals surface area contributed by atoms with E-state index in [1.807, 2.05) is 67.1 Å². The highest BCUT2D eigenvalue weighted by atomic mass is 35.5. The third kappa shape index (κ3) is 4.31. The molecular weight excluding hydrogens is 362 g/mol. The summed E-state index contributed by atoms with van der Waals surface area (Å²) in [7, 11) is 1.62. The Morgan fingerprint density at radius 2 is 1.96 bits per heavy atom. The van der Waals surface area contributed by atoms with Gasteiger partial charge in [-0.15, -0.1) is 0 Å². The van der Waals surface area contributed by atoms with Crippen molar-refractivity contribution in [2.24, 2.45) is 0 Å².